The summed E-state index contributed by atoms with van der Waals surface area (Å²) in [6.07, 6.45) is 0. The standard InChI is InChI=1S/C14H13ClO/c1-11-7-9-13(10-8-11)14(15,16)12-5-3-2-4-6-12/h2-10,16H,1H3. The van der Waals surface area contributed by atoms with Crippen LogP contribution in [0, 0.1) is 6.92 Å². The molecule has 0 saturated carbocycles. The lowest BCUT2D eigenvalue weighted by Gasteiger charge is -2.21. The Morgan fingerprint density at radius 2 is 1.38 bits per heavy atom. The first-order valence-corrected chi connectivity index (χ1v) is 5.52. The van der Waals surface area contributed by atoms with Crippen molar-refractivity contribution in [3.05, 3.63) is 71.3 Å². The molecule has 82 valence electrons. The van der Waals surface area contributed by atoms with E-state index in [1.54, 1.807) is 0 Å². The molecule has 1 unspecified atom stereocenters. The van der Waals surface area contributed by atoms with Crippen LogP contribution in [0.4, 0.5) is 0 Å². The summed E-state index contributed by atoms with van der Waals surface area (Å²) in [7, 11) is 0. The summed E-state index contributed by atoms with van der Waals surface area (Å²) in [5.41, 5.74) is 2.51. The number of hydrogen-bond acceptors (Lipinski definition) is 1. The molecule has 0 aliphatic carbocycles. The summed E-state index contributed by atoms with van der Waals surface area (Å²) in [4.78, 5) is 0. The molecule has 1 nitrogen and oxygen atoms in total. The van der Waals surface area contributed by atoms with Gasteiger partial charge >= 0.3 is 0 Å². The summed E-state index contributed by atoms with van der Waals surface area (Å²) < 4.78 is 0. The van der Waals surface area contributed by atoms with Gasteiger partial charge in [-0.3, -0.25) is 0 Å². The summed E-state index contributed by atoms with van der Waals surface area (Å²) in [5, 5.41) is 8.86. The summed E-state index contributed by atoms with van der Waals surface area (Å²) in [6, 6.07) is 16.8. The average Bonchev–Trinajstić information content (AvgIpc) is 2.31. The fraction of sp³-hybridized carbons (Fsp3) is 0.143. The topological polar surface area (TPSA) is 20.2 Å². The predicted molar refractivity (Wildman–Crippen MR) is 66.5 cm³/mol. The van der Waals surface area contributed by atoms with Crippen LogP contribution in [0.2, 0.25) is 0 Å². The van der Waals surface area contributed by atoms with Gasteiger partial charge in [0.25, 0.3) is 0 Å². The maximum Gasteiger partial charge on any atom is 0.190 e. The molecule has 0 heterocycles. The van der Waals surface area contributed by atoms with E-state index in [2.05, 4.69) is 0 Å². The zero-order chi connectivity index (χ0) is 11.6. The predicted octanol–water partition coefficient (Wildman–Crippen LogP) is 3.43. The van der Waals surface area contributed by atoms with E-state index in [4.69, 9.17) is 11.6 Å². The van der Waals surface area contributed by atoms with E-state index in [0.717, 1.165) is 5.56 Å². The van der Waals surface area contributed by atoms with Crippen LogP contribution in [-0.2, 0) is 5.06 Å². The van der Waals surface area contributed by atoms with Crippen molar-refractivity contribution >= 4 is 11.6 Å². The smallest absolute Gasteiger partial charge is 0.190 e. The third-order valence-corrected chi connectivity index (χ3v) is 3.03. The number of alkyl halides is 1. The Bertz CT molecular complexity index is 460. The van der Waals surface area contributed by atoms with E-state index in [0.29, 0.717) is 11.1 Å². The quantitative estimate of drug-likeness (QED) is 0.787. The molecular weight excluding hydrogens is 220 g/mol. The highest BCUT2D eigenvalue weighted by atomic mass is 35.5. The van der Waals surface area contributed by atoms with Crippen molar-refractivity contribution in [2.45, 2.75) is 12.0 Å². The van der Waals surface area contributed by atoms with Crippen LogP contribution in [0.1, 0.15) is 16.7 Å². The molecule has 0 fully saturated rings. The number of benzene rings is 2. The Morgan fingerprint density at radius 3 is 1.94 bits per heavy atom. The van der Waals surface area contributed by atoms with Crippen LogP contribution >= 0.6 is 11.6 Å². The highest BCUT2D eigenvalue weighted by Gasteiger charge is 2.27. The average molecular weight is 233 g/mol. The van der Waals surface area contributed by atoms with E-state index in [-0.39, 0.29) is 0 Å². The largest absolute Gasteiger partial charge is 0.367 e. The lowest BCUT2D eigenvalue weighted by molar-refractivity contribution is 0.173. The number of rotatable bonds is 2. The molecule has 0 aliphatic rings. The number of aliphatic hydroxyl groups is 1. The molecule has 1 N–H and O–H groups in total. The molecular formula is C14H13ClO. The molecule has 0 saturated heterocycles. The second-order valence-electron chi connectivity index (χ2n) is 3.85. The Hall–Kier alpha value is -1.31. The molecule has 0 amide bonds. The third-order valence-electron chi connectivity index (χ3n) is 2.59. The summed E-state index contributed by atoms with van der Waals surface area (Å²) in [5.74, 6) is 0. The van der Waals surface area contributed by atoms with Gasteiger partial charge < -0.3 is 5.11 Å². The first-order chi connectivity index (χ1) is 7.60. The lowest BCUT2D eigenvalue weighted by atomic mass is 10.00. The maximum absolute atomic E-state index is 10.3. The number of aryl methyl sites for hydroxylation is 1. The van der Waals surface area contributed by atoms with Crippen molar-refractivity contribution in [2.75, 3.05) is 0 Å². The van der Waals surface area contributed by atoms with Crippen molar-refractivity contribution in [2.24, 2.45) is 0 Å². The van der Waals surface area contributed by atoms with Gasteiger partial charge in [0.05, 0.1) is 0 Å². The molecule has 0 aliphatic heterocycles. The van der Waals surface area contributed by atoms with Crippen LogP contribution in [0.3, 0.4) is 0 Å². The van der Waals surface area contributed by atoms with Crippen LogP contribution in [-0.4, -0.2) is 5.11 Å². The van der Waals surface area contributed by atoms with E-state index in [1.165, 1.54) is 0 Å². The molecule has 0 spiro atoms. The molecule has 0 radical (unpaired) electrons. The van der Waals surface area contributed by atoms with Gasteiger partial charge in [-0.05, 0) is 6.92 Å². The molecule has 2 aromatic rings. The number of halogens is 1. The minimum Gasteiger partial charge on any atom is -0.367 e. The van der Waals surface area contributed by atoms with Gasteiger partial charge in [0, 0.05) is 11.1 Å². The van der Waals surface area contributed by atoms with Crippen LogP contribution in [0.15, 0.2) is 54.6 Å². The van der Waals surface area contributed by atoms with Gasteiger partial charge in [-0.15, -0.1) is 0 Å². The molecule has 1 atom stereocenters. The second kappa shape index (κ2) is 4.28. The van der Waals surface area contributed by atoms with Crippen LogP contribution in [0.25, 0.3) is 0 Å². The van der Waals surface area contributed by atoms with E-state index in [1.807, 2.05) is 61.5 Å². The Kier molecular flexibility index (Phi) is 2.99. The van der Waals surface area contributed by atoms with Gasteiger partial charge in [-0.25, -0.2) is 0 Å². The number of hydrogen-bond donors (Lipinski definition) is 1. The van der Waals surface area contributed by atoms with E-state index < -0.39 is 5.06 Å². The van der Waals surface area contributed by atoms with Crippen molar-refractivity contribution in [3.63, 3.8) is 0 Å². The first kappa shape index (κ1) is 11.2. The Morgan fingerprint density at radius 1 is 0.875 bits per heavy atom. The summed E-state index contributed by atoms with van der Waals surface area (Å²) >= 11 is 6.19. The van der Waals surface area contributed by atoms with Crippen LogP contribution < -0.4 is 0 Å². The highest BCUT2D eigenvalue weighted by Crippen LogP contribution is 2.33. The van der Waals surface area contributed by atoms with Crippen molar-refractivity contribution < 1.29 is 5.11 Å². The Labute approximate surface area is 100 Å². The summed E-state index contributed by atoms with van der Waals surface area (Å²) in [6.45, 7) is 2.00. The third kappa shape index (κ3) is 2.11. The minimum absolute atomic E-state index is 0.681. The van der Waals surface area contributed by atoms with Gasteiger partial charge in [-0.2, -0.15) is 0 Å². The maximum atomic E-state index is 10.3. The molecule has 16 heavy (non-hydrogen) atoms. The molecule has 0 bridgehead atoms. The zero-order valence-corrected chi connectivity index (χ0v) is 9.78. The van der Waals surface area contributed by atoms with Gasteiger partial charge in [0.2, 0.25) is 0 Å². The van der Waals surface area contributed by atoms with E-state index >= 15 is 0 Å². The van der Waals surface area contributed by atoms with Crippen LogP contribution in [0.5, 0.6) is 0 Å². The van der Waals surface area contributed by atoms with Gasteiger partial charge in [0.15, 0.2) is 5.06 Å². The van der Waals surface area contributed by atoms with Crippen molar-refractivity contribution in [1.82, 2.24) is 0 Å². The minimum atomic E-state index is -1.45. The van der Waals surface area contributed by atoms with E-state index in [9.17, 15) is 5.11 Å². The normalized spacial score (nSPS) is 14.4. The first-order valence-electron chi connectivity index (χ1n) is 5.14. The van der Waals surface area contributed by atoms with Crippen molar-refractivity contribution in [1.29, 1.82) is 0 Å². The molecule has 0 aromatic heterocycles. The van der Waals surface area contributed by atoms with Gasteiger partial charge in [-0.1, -0.05) is 71.8 Å². The monoisotopic (exact) mass is 232 g/mol. The SMILES string of the molecule is Cc1ccc(C(O)(Cl)c2ccccc2)cc1. The lowest BCUT2D eigenvalue weighted by Crippen LogP contribution is -2.19. The zero-order valence-electron chi connectivity index (χ0n) is 9.02. The van der Waals surface area contributed by atoms with Crippen molar-refractivity contribution in [3.8, 4) is 0 Å². The highest BCUT2D eigenvalue weighted by molar-refractivity contribution is 6.24. The molecule has 2 aromatic carbocycles. The fourth-order valence-electron chi connectivity index (χ4n) is 1.60. The molecule has 2 rings (SSSR count). The molecule has 2 heteroatoms. The fourth-order valence-corrected chi connectivity index (χ4v) is 1.85. The Balaban J connectivity index is 2.43. The second-order valence-corrected chi connectivity index (χ2v) is 4.40. The van der Waals surface area contributed by atoms with Gasteiger partial charge in [0.1, 0.15) is 0 Å².